The number of hydrogen-bond donors (Lipinski definition) is 0. The molecule has 0 saturated heterocycles. The molecule has 194 valence electrons. The van der Waals surface area contributed by atoms with E-state index in [0.29, 0.717) is 24.7 Å². The van der Waals surface area contributed by atoms with Crippen LogP contribution in [0.15, 0.2) is 42.5 Å². The summed E-state index contributed by atoms with van der Waals surface area (Å²) in [6.07, 6.45) is 3.54. The topological polar surface area (TPSA) is 71.1 Å². The molecule has 3 aromatic rings. The summed E-state index contributed by atoms with van der Waals surface area (Å²) < 4.78 is 22.9. The van der Waals surface area contributed by atoms with Crippen molar-refractivity contribution in [2.24, 2.45) is 0 Å². The van der Waals surface area contributed by atoms with E-state index >= 15 is 0 Å². The third kappa shape index (κ3) is 6.68. The molecule has 6 heteroatoms. The van der Waals surface area contributed by atoms with Gasteiger partial charge in [-0.3, -0.25) is 0 Å². The van der Waals surface area contributed by atoms with Gasteiger partial charge in [0, 0.05) is 21.5 Å². The highest BCUT2D eigenvalue weighted by atomic mass is 16.6. The molecule has 0 fully saturated rings. The second-order valence-electron chi connectivity index (χ2n) is 9.91. The van der Waals surface area contributed by atoms with E-state index in [1.165, 1.54) is 0 Å². The molecule has 3 aromatic carbocycles. The zero-order valence-electron chi connectivity index (χ0n) is 22.1. The molecule has 0 bridgehead atoms. The van der Waals surface area contributed by atoms with Crippen molar-refractivity contribution in [1.29, 1.82) is 0 Å². The van der Waals surface area contributed by atoms with Gasteiger partial charge in [-0.05, 0) is 23.8 Å². The van der Waals surface area contributed by atoms with Crippen LogP contribution >= 0.6 is 0 Å². The Balaban J connectivity index is 2.08. The zero-order valence-corrected chi connectivity index (χ0v) is 22.1. The predicted octanol–water partition coefficient (Wildman–Crippen LogP) is 6.73. The molecule has 0 saturated carbocycles. The molecule has 0 atom stereocenters. The van der Waals surface area contributed by atoms with E-state index in [1.54, 1.807) is 0 Å². The minimum atomic E-state index is -0.400. The van der Waals surface area contributed by atoms with Crippen LogP contribution in [0.2, 0.25) is 0 Å². The highest BCUT2D eigenvalue weighted by Gasteiger charge is 2.25. The summed E-state index contributed by atoms with van der Waals surface area (Å²) in [5.74, 6) is 0.403. The van der Waals surface area contributed by atoms with Crippen molar-refractivity contribution in [3.63, 3.8) is 0 Å². The van der Waals surface area contributed by atoms with E-state index < -0.39 is 11.9 Å². The van der Waals surface area contributed by atoms with Crippen molar-refractivity contribution >= 4 is 33.5 Å². The lowest BCUT2D eigenvalue weighted by atomic mass is 9.82. The van der Waals surface area contributed by atoms with Gasteiger partial charge in [0.25, 0.3) is 0 Å². The fourth-order valence-electron chi connectivity index (χ4n) is 4.08. The third-order valence-electron chi connectivity index (χ3n) is 5.95. The second kappa shape index (κ2) is 12.6. The predicted molar refractivity (Wildman–Crippen MR) is 143 cm³/mol. The smallest absolute Gasteiger partial charge is 0.344 e. The van der Waals surface area contributed by atoms with E-state index in [0.717, 1.165) is 52.8 Å². The first-order valence-corrected chi connectivity index (χ1v) is 12.8. The van der Waals surface area contributed by atoms with Gasteiger partial charge in [-0.2, -0.15) is 0 Å². The Labute approximate surface area is 213 Å². The molecule has 0 aliphatic heterocycles. The first-order valence-electron chi connectivity index (χ1n) is 12.8. The molecule has 0 N–H and O–H groups in total. The van der Waals surface area contributed by atoms with Crippen molar-refractivity contribution in [2.45, 2.75) is 65.7 Å². The standard InChI is InChI=1S/C30H38O6/c1-6-8-17-33-25(31)19-35-28-21-13-10-11-14-22(21)29(36-20-26(32)34-18-9-7-2)27-23(28)15-12-16-24(27)30(3,4)5/h10-16H,6-9,17-20H2,1-5H3. The van der Waals surface area contributed by atoms with Crippen LogP contribution < -0.4 is 9.47 Å². The fourth-order valence-corrected chi connectivity index (χ4v) is 4.08. The molecule has 36 heavy (non-hydrogen) atoms. The molecular formula is C30H38O6. The Morgan fingerprint density at radius 1 is 0.694 bits per heavy atom. The summed E-state index contributed by atoms with van der Waals surface area (Å²) in [6.45, 7) is 10.9. The molecule has 0 radical (unpaired) electrons. The third-order valence-corrected chi connectivity index (χ3v) is 5.95. The lowest BCUT2D eigenvalue weighted by molar-refractivity contribution is -0.146. The maximum absolute atomic E-state index is 12.4. The molecule has 0 heterocycles. The number of esters is 2. The monoisotopic (exact) mass is 494 g/mol. The van der Waals surface area contributed by atoms with Crippen LogP contribution in [0.3, 0.4) is 0 Å². The van der Waals surface area contributed by atoms with Gasteiger partial charge < -0.3 is 18.9 Å². The molecule has 0 aliphatic carbocycles. The van der Waals surface area contributed by atoms with Crippen LogP contribution in [0.4, 0.5) is 0 Å². The summed E-state index contributed by atoms with van der Waals surface area (Å²) in [6, 6.07) is 13.7. The molecule has 0 amide bonds. The van der Waals surface area contributed by atoms with Crippen molar-refractivity contribution in [1.82, 2.24) is 0 Å². The molecule has 0 unspecified atom stereocenters. The molecule has 0 spiro atoms. The number of unbranched alkanes of at least 4 members (excludes halogenated alkanes) is 2. The Morgan fingerprint density at radius 2 is 1.19 bits per heavy atom. The second-order valence-corrected chi connectivity index (χ2v) is 9.91. The molecule has 6 nitrogen and oxygen atoms in total. The quantitative estimate of drug-likeness (QED) is 0.158. The van der Waals surface area contributed by atoms with Crippen LogP contribution in [0.25, 0.3) is 21.5 Å². The summed E-state index contributed by atoms with van der Waals surface area (Å²) >= 11 is 0. The zero-order chi connectivity index (χ0) is 26.1. The summed E-state index contributed by atoms with van der Waals surface area (Å²) in [5, 5.41) is 3.28. The van der Waals surface area contributed by atoms with Crippen LogP contribution in [0.1, 0.15) is 65.9 Å². The van der Waals surface area contributed by atoms with Crippen molar-refractivity contribution in [3.05, 3.63) is 48.0 Å². The first-order chi connectivity index (χ1) is 17.3. The van der Waals surface area contributed by atoms with E-state index in [1.807, 2.05) is 50.2 Å². The van der Waals surface area contributed by atoms with Gasteiger partial charge in [0.2, 0.25) is 0 Å². The van der Waals surface area contributed by atoms with Gasteiger partial charge in [0.1, 0.15) is 11.5 Å². The number of ether oxygens (including phenoxy) is 4. The molecule has 3 rings (SSSR count). The minimum Gasteiger partial charge on any atom is -0.481 e. The number of fused-ring (bicyclic) bond motifs is 2. The summed E-state index contributed by atoms with van der Waals surface area (Å²) in [4.78, 5) is 24.7. The normalized spacial score (nSPS) is 11.5. The van der Waals surface area contributed by atoms with E-state index in [-0.39, 0.29) is 18.6 Å². The number of rotatable bonds is 12. The number of hydrogen-bond acceptors (Lipinski definition) is 6. The molecule has 0 aromatic heterocycles. The van der Waals surface area contributed by atoms with Crippen LogP contribution in [0.5, 0.6) is 11.5 Å². The van der Waals surface area contributed by atoms with Crippen LogP contribution in [0, 0.1) is 0 Å². The summed E-state index contributed by atoms with van der Waals surface area (Å²) in [5.41, 5.74) is 0.841. The molecule has 0 aliphatic rings. The summed E-state index contributed by atoms with van der Waals surface area (Å²) in [7, 11) is 0. The number of benzene rings is 3. The highest BCUT2D eigenvalue weighted by Crippen LogP contribution is 2.46. The molecular weight excluding hydrogens is 456 g/mol. The minimum absolute atomic E-state index is 0.188. The van der Waals surface area contributed by atoms with Crippen molar-refractivity contribution in [3.8, 4) is 11.5 Å². The largest absolute Gasteiger partial charge is 0.481 e. The van der Waals surface area contributed by atoms with Gasteiger partial charge in [0.05, 0.1) is 13.2 Å². The SMILES string of the molecule is CCCCOC(=O)COc1c2ccccc2c(OCC(=O)OCCCC)c2c(C(C)(C)C)cccc12. The number of carbonyl (C=O) groups excluding carboxylic acids is 2. The van der Waals surface area contributed by atoms with Crippen LogP contribution in [-0.4, -0.2) is 38.4 Å². The maximum atomic E-state index is 12.4. The Morgan fingerprint density at radius 3 is 1.72 bits per heavy atom. The van der Waals surface area contributed by atoms with Gasteiger partial charge in [0.15, 0.2) is 13.2 Å². The average molecular weight is 495 g/mol. The first kappa shape index (κ1) is 27.3. The Kier molecular flexibility index (Phi) is 9.57. The van der Waals surface area contributed by atoms with E-state index in [9.17, 15) is 9.59 Å². The number of carbonyl (C=O) groups is 2. The Hall–Kier alpha value is -3.28. The van der Waals surface area contributed by atoms with E-state index in [2.05, 4.69) is 26.8 Å². The van der Waals surface area contributed by atoms with Crippen molar-refractivity contribution < 1.29 is 28.5 Å². The van der Waals surface area contributed by atoms with Gasteiger partial charge in [-0.15, -0.1) is 0 Å². The maximum Gasteiger partial charge on any atom is 0.344 e. The highest BCUT2D eigenvalue weighted by molar-refractivity contribution is 6.12. The van der Waals surface area contributed by atoms with Crippen LogP contribution in [-0.2, 0) is 24.5 Å². The Bertz CT molecular complexity index is 1190. The lowest BCUT2D eigenvalue weighted by Crippen LogP contribution is -2.18. The van der Waals surface area contributed by atoms with E-state index in [4.69, 9.17) is 18.9 Å². The lowest BCUT2D eigenvalue weighted by Gasteiger charge is -2.25. The average Bonchev–Trinajstić information content (AvgIpc) is 2.85. The van der Waals surface area contributed by atoms with Gasteiger partial charge in [-0.25, -0.2) is 9.59 Å². The fraction of sp³-hybridized carbons (Fsp3) is 0.467. The van der Waals surface area contributed by atoms with Crippen molar-refractivity contribution in [2.75, 3.05) is 26.4 Å². The van der Waals surface area contributed by atoms with Gasteiger partial charge in [-0.1, -0.05) is 89.9 Å². The van der Waals surface area contributed by atoms with Gasteiger partial charge >= 0.3 is 11.9 Å².